The van der Waals surface area contributed by atoms with E-state index in [0.717, 1.165) is 5.52 Å². The van der Waals surface area contributed by atoms with Crippen LogP contribution in [-0.4, -0.2) is 23.4 Å². The van der Waals surface area contributed by atoms with Crippen LogP contribution in [0, 0.1) is 0 Å². The van der Waals surface area contributed by atoms with Crippen LogP contribution < -0.4 is 5.32 Å². The molecule has 1 aromatic carbocycles. The van der Waals surface area contributed by atoms with Crippen molar-refractivity contribution in [1.29, 1.82) is 0 Å². The first-order chi connectivity index (χ1) is 8.83. The van der Waals surface area contributed by atoms with E-state index in [1.807, 2.05) is 12.1 Å². The number of nitrogens with one attached hydrogen (secondary N) is 1. The first-order valence-corrected chi connectivity index (χ1v) is 6.43. The van der Waals surface area contributed by atoms with Crippen LogP contribution in [0.15, 0.2) is 29.0 Å². The molecule has 3 rings (SSSR count). The van der Waals surface area contributed by atoms with Gasteiger partial charge in [-0.3, -0.25) is 4.79 Å². The molecule has 0 atom stereocenters. The standard InChI is InChI=1S/C14H16N2O2/c17-13(8-15-11-3-1-2-4-11)10-5-6-12-14(7-10)18-9-16-12/h5-7,9,11,15H,1-4,8H2. The van der Waals surface area contributed by atoms with Gasteiger partial charge in [0, 0.05) is 11.6 Å². The number of carbonyl (C=O) groups is 1. The van der Waals surface area contributed by atoms with Crippen LogP contribution in [0.25, 0.3) is 11.1 Å². The molecule has 0 spiro atoms. The predicted octanol–water partition coefficient (Wildman–Crippen LogP) is 2.54. The fraction of sp³-hybridized carbons (Fsp3) is 0.429. The molecule has 0 unspecified atom stereocenters. The van der Waals surface area contributed by atoms with Gasteiger partial charge in [0.2, 0.25) is 0 Å². The van der Waals surface area contributed by atoms with Gasteiger partial charge in [-0.05, 0) is 31.0 Å². The molecule has 1 aliphatic rings. The summed E-state index contributed by atoms with van der Waals surface area (Å²) in [5, 5.41) is 3.33. The van der Waals surface area contributed by atoms with Crippen LogP contribution in [-0.2, 0) is 0 Å². The summed E-state index contributed by atoms with van der Waals surface area (Å²) in [6.45, 7) is 0.407. The molecule has 4 nitrogen and oxygen atoms in total. The van der Waals surface area contributed by atoms with Gasteiger partial charge in [0.15, 0.2) is 17.8 Å². The number of nitrogens with zero attached hydrogens (tertiary/aromatic N) is 1. The predicted molar refractivity (Wildman–Crippen MR) is 68.6 cm³/mol. The molecular formula is C14H16N2O2. The number of hydrogen-bond acceptors (Lipinski definition) is 4. The summed E-state index contributed by atoms with van der Waals surface area (Å²) in [6.07, 6.45) is 6.32. The molecule has 4 heteroatoms. The van der Waals surface area contributed by atoms with Gasteiger partial charge in [-0.1, -0.05) is 12.8 Å². The van der Waals surface area contributed by atoms with Crippen molar-refractivity contribution in [2.75, 3.05) is 6.54 Å². The second kappa shape index (κ2) is 4.90. The van der Waals surface area contributed by atoms with Crippen molar-refractivity contribution in [2.24, 2.45) is 0 Å². The Hall–Kier alpha value is -1.68. The Morgan fingerprint density at radius 1 is 1.39 bits per heavy atom. The highest BCUT2D eigenvalue weighted by molar-refractivity contribution is 5.99. The van der Waals surface area contributed by atoms with Crippen LogP contribution in [0.5, 0.6) is 0 Å². The highest BCUT2D eigenvalue weighted by Gasteiger charge is 2.16. The molecule has 1 aromatic heterocycles. The summed E-state index contributed by atoms with van der Waals surface area (Å²) in [5.41, 5.74) is 2.14. The zero-order valence-electron chi connectivity index (χ0n) is 10.2. The molecule has 1 N–H and O–H groups in total. The average molecular weight is 244 g/mol. The van der Waals surface area contributed by atoms with E-state index in [1.165, 1.54) is 32.1 Å². The van der Waals surface area contributed by atoms with E-state index < -0.39 is 0 Å². The molecule has 1 heterocycles. The number of carbonyl (C=O) groups excluding carboxylic acids is 1. The molecular weight excluding hydrogens is 228 g/mol. The summed E-state index contributed by atoms with van der Waals surface area (Å²) in [5.74, 6) is 0.111. The lowest BCUT2D eigenvalue weighted by molar-refractivity contribution is 0.0987. The third-order valence-corrected chi connectivity index (χ3v) is 3.56. The van der Waals surface area contributed by atoms with E-state index in [4.69, 9.17) is 4.42 Å². The molecule has 1 aliphatic carbocycles. The van der Waals surface area contributed by atoms with E-state index in [2.05, 4.69) is 10.3 Å². The molecule has 0 bridgehead atoms. The van der Waals surface area contributed by atoms with Crippen molar-refractivity contribution in [1.82, 2.24) is 10.3 Å². The highest BCUT2D eigenvalue weighted by atomic mass is 16.3. The maximum Gasteiger partial charge on any atom is 0.181 e. The number of benzene rings is 1. The van der Waals surface area contributed by atoms with Crippen LogP contribution in [0.3, 0.4) is 0 Å². The number of rotatable bonds is 4. The monoisotopic (exact) mass is 244 g/mol. The number of fused-ring (bicyclic) bond motifs is 1. The Labute approximate surface area is 105 Å². The topological polar surface area (TPSA) is 55.1 Å². The van der Waals surface area contributed by atoms with Gasteiger partial charge in [0.1, 0.15) is 5.52 Å². The van der Waals surface area contributed by atoms with Crippen molar-refractivity contribution in [3.63, 3.8) is 0 Å². The first-order valence-electron chi connectivity index (χ1n) is 6.43. The smallest absolute Gasteiger partial charge is 0.181 e. The number of aromatic nitrogens is 1. The van der Waals surface area contributed by atoms with E-state index in [-0.39, 0.29) is 5.78 Å². The lowest BCUT2D eigenvalue weighted by Crippen LogP contribution is -2.31. The third kappa shape index (κ3) is 2.29. The van der Waals surface area contributed by atoms with Crippen molar-refractivity contribution in [3.05, 3.63) is 30.2 Å². The Bertz CT molecular complexity index is 556. The summed E-state index contributed by atoms with van der Waals surface area (Å²) < 4.78 is 5.20. The van der Waals surface area contributed by atoms with Gasteiger partial charge >= 0.3 is 0 Å². The number of ketones is 1. The molecule has 18 heavy (non-hydrogen) atoms. The van der Waals surface area contributed by atoms with Gasteiger partial charge in [0.05, 0.1) is 6.54 Å². The molecule has 0 aliphatic heterocycles. The minimum absolute atomic E-state index is 0.111. The molecule has 2 aromatic rings. The fourth-order valence-corrected chi connectivity index (χ4v) is 2.50. The summed E-state index contributed by atoms with van der Waals surface area (Å²) in [4.78, 5) is 16.1. The molecule has 1 saturated carbocycles. The highest BCUT2D eigenvalue weighted by Crippen LogP contribution is 2.18. The zero-order chi connectivity index (χ0) is 12.4. The quantitative estimate of drug-likeness (QED) is 0.840. The van der Waals surface area contributed by atoms with Gasteiger partial charge in [-0.2, -0.15) is 0 Å². The third-order valence-electron chi connectivity index (χ3n) is 3.56. The van der Waals surface area contributed by atoms with Gasteiger partial charge in [0.25, 0.3) is 0 Å². The maximum atomic E-state index is 12.0. The Kier molecular flexibility index (Phi) is 3.11. The summed E-state index contributed by atoms with van der Waals surface area (Å²) in [7, 11) is 0. The first kappa shape index (κ1) is 11.4. The van der Waals surface area contributed by atoms with Crippen molar-refractivity contribution in [2.45, 2.75) is 31.7 Å². The Morgan fingerprint density at radius 2 is 2.22 bits per heavy atom. The van der Waals surface area contributed by atoms with Crippen LogP contribution >= 0.6 is 0 Å². The second-order valence-corrected chi connectivity index (χ2v) is 4.82. The average Bonchev–Trinajstić information content (AvgIpc) is 3.05. The van der Waals surface area contributed by atoms with E-state index in [0.29, 0.717) is 23.7 Å². The number of Topliss-reactive ketones (excluding diaryl/α,β-unsaturated/α-hetero) is 1. The van der Waals surface area contributed by atoms with Crippen LogP contribution in [0.1, 0.15) is 36.0 Å². The molecule has 0 saturated heterocycles. The summed E-state index contributed by atoms with van der Waals surface area (Å²) >= 11 is 0. The van der Waals surface area contributed by atoms with Gasteiger partial charge < -0.3 is 9.73 Å². The molecule has 1 fully saturated rings. The van der Waals surface area contributed by atoms with Crippen LogP contribution in [0.2, 0.25) is 0 Å². The Balaban J connectivity index is 1.67. The van der Waals surface area contributed by atoms with Gasteiger partial charge in [-0.15, -0.1) is 0 Å². The minimum Gasteiger partial charge on any atom is -0.443 e. The van der Waals surface area contributed by atoms with Crippen molar-refractivity contribution < 1.29 is 9.21 Å². The SMILES string of the molecule is O=C(CNC1CCCC1)c1ccc2ncoc2c1. The molecule has 94 valence electrons. The second-order valence-electron chi connectivity index (χ2n) is 4.82. The normalized spacial score (nSPS) is 16.4. The van der Waals surface area contributed by atoms with E-state index in [1.54, 1.807) is 6.07 Å². The van der Waals surface area contributed by atoms with E-state index >= 15 is 0 Å². The zero-order valence-corrected chi connectivity index (χ0v) is 10.2. The largest absolute Gasteiger partial charge is 0.443 e. The van der Waals surface area contributed by atoms with Gasteiger partial charge in [-0.25, -0.2) is 4.98 Å². The lowest BCUT2D eigenvalue weighted by atomic mass is 10.1. The number of hydrogen-bond donors (Lipinski definition) is 1. The minimum atomic E-state index is 0.111. The van der Waals surface area contributed by atoms with Crippen LogP contribution in [0.4, 0.5) is 0 Å². The molecule has 0 radical (unpaired) electrons. The number of oxazole rings is 1. The van der Waals surface area contributed by atoms with Crippen molar-refractivity contribution >= 4 is 16.9 Å². The fourth-order valence-electron chi connectivity index (χ4n) is 2.50. The molecule has 0 amide bonds. The Morgan fingerprint density at radius 3 is 3.06 bits per heavy atom. The maximum absolute atomic E-state index is 12.0. The summed E-state index contributed by atoms with van der Waals surface area (Å²) in [6, 6.07) is 5.91. The van der Waals surface area contributed by atoms with Crippen molar-refractivity contribution in [3.8, 4) is 0 Å². The van der Waals surface area contributed by atoms with E-state index in [9.17, 15) is 4.79 Å². The lowest BCUT2D eigenvalue weighted by Gasteiger charge is -2.10.